The quantitative estimate of drug-likeness (QED) is 0.351. The Balaban J connectivity index is 1.63. The largest absolute Gasteiger partial charge is 0.458 e. The number of aromatic nitrogens is 2. The monoisotopic (exact) mass is 520 g/mol. The van der Waals surface area contributed by atoms with Gasteiger partial charge in [0, 0.05) is 35.0 Å². The van der Waals surface area contributed by atoms with Crippen molar-refractivity contribution in [3.63, 3.8) is 0 Å². The predicted molar refractivity (Wildman–Crippen MR) is 137 cm³/mol. The number of aliphatic hydroxyl groups is 1. The number of aryl methyl sites for hydroxylation is 1. The van der Waals surface area contributed by atoms with E-state index < -0.39 is 11.6 Å². The molecule has 4 N–H and O–H groups in total. The molecule has 3 atom stereocenters. The number of nitrogens with one attached hydrogen (secondary N) is 1. The number of carbonyl (C=O) groups is 2. The van der Waals surface area contributed by atoms with E-state index in [9.17, 15) is 23.9 Å². The normalized spacial score (nSPS) is 21.9. The van der Waals surface area contributed by atoms with Gasteiger partial charge in [-0.3, -0.25) is 9.59 Å². The molecule has 3 aromatic rings. The van der Waals surface area contributed by atoms with Crippen LogP contribution in [0.2, 0.25) is 0 Å². The van der Waals surface area contributed by atoms with Crippen molar-refractivity contribution in [1.29, 1.82) is 0 Å². The number of hydrogen-bond acceptors (Lipinski definition) is 7. The van der Waals surface area contributed by atoms with Gasteiger partial charge in [0.15, 0.2) is 5.60 Å². The maximum Gasteiger partial charge on any atom is 0.343 e. The van der Waals surface area contributed by atoms with Crippen LogP contribution in [0.1, 0.15) is 66.1 Å². The summed E-state index contributed by atoms with van der Waals surface area (Å²) in [5, 5.41) is 15.1. The van der Waals surface area contributed by atoms with E-state index in [-0.39, 0.29) is 66.5 Å². The average Bonchev–Trinajstić information content (AvgIpc) is 3.28. The minimum atomic E-state index is -1.94. The highest BCUT2D eigenvalue weighted by atomic mass is 19.1. The summed E-state index contributed by atoms with van der Waals surface area (Å²) < 4.78 is 21.7. The van der Waals surface area contributed by atoms with Crippen LogP contribution in [-0.2, 0) is 39.5 Å². The molecule has 3 aliphatic rings. The van der Waals surface area contributed by atoms with E-state index in [1.807, 2.05) is 0 Å². The van der Waals surface area contributed by atoms with Crippen molar-refractivity contribution in [3.8, 4) is 11.4 Å². The van der Waals surface area contributed by atoms with Crippen molar-refractivity contribution >= 4 is 22.8 Å². The first kappa shape index (κ1) is 24.7. The van der Waals surface area contributed by atoms with Gasteiger partial charge in [-0.05, 0) is 48.9 Å². The van der Waals surface area contributed by atoms with Gasteiger partial charge in [-0.15, -0.1) is 0 Å². The molecular weight excluding hydrogens is 491 g/mol. The molecular formula is C28H29FN4O5. The molecule has 1 aromatic carbocycles. The van der Waals surface area contributed by atoms with Gasteiger partial charge in [-0.1, -0.05) is 13.8 Å². The molecule has 1 amide bonds. The first-order chi connectivity index (χ1) is 18.1. The zero-order valence-electron chi connectivity index (χ0n) is 21.5. The third-order valence-electron chi connectivity index (χ3n) is 8.50. The number of nitrogens with zero attached hydrogens (tertiary/aromatic N) is 2. The molecule has 2 aromatic heterocycles. The predicted octanol–water partition coefficient (Wildman–Crippen LogP) is 2.23. The molecule has 9 nitrogen and oxygen atoms in total. The Hall–Kier alpha value is -3.63. The van der Waals surface area contributed by atoms with Crippen molar-refractivity contribution < 1.29 is 23.8 Å². The van der Waals surface area contributed by atoms with Crippen molar-refractivity contribution in [2.45, 2.75) is 64.8 Å². The summed E-state index contributed by atoms with van der Waals surface area (Å²) in [5.74, 6) is -1.72. The number of halogens is 1. The Kier molecular flexibility index (Phi) is 5.48. The van der Waals surface area contributed by atoms with E-state index in [2.05, 4.69) is 5.32 Å². The van der Waals surface area contributed by atoms with Crippen LogP contribution in [0.4, 0.5) is 4.39 Å². The van der Waals surface area contributed by atoms with Crippen LogP contribution in [0, 0.1) is 18.7 Å². The van der Waals surface area contributed by atoms with Gasteiger partial charge in [0.05, 0.1) is 35.1 Å². The van der Waals surface area contributed by atoms with Crippen molar-refractivity contribution in [2.24, 2.45) is 11.7 Å². The summed E-state index contributed by atoms with van der Waals surface area (Å²) >= 11 is 0. The minimum Gasteiger partial charge on any atom is -0.458 e. The lowest BCUT2D eigenvalue weighted by Gasteiger charge is -2.31. The maximum atomic E-state index is 15.0. The lowest BCUT2D eigenvalue weighted by atomic mass is 9.81. The summed E-state index contributed by atoms with van der Waals surface area (Å²) in [6.45, 7) is 5.33. The van der Waals surface area contributed by atoms with Crippen LogP contribution in [0.25, 0.3) is 22.3 Å². The zero-order valence-corrected chi connectivity index (χ0v) is 21.5. The second kappa shape index (κ2) is 8.44. The number of rotatable bonds is 4. The first-order valence-electron chi connectivity index (χ1n) is 12.9. The summed E-state index contributed by atoms with van der Waals surface area (Å²) in [6, 6.07) is 2.66. The number of benzene rings is 1. The molecule has 0 fully saturated rings. The van der Waals surface area contributed by atoms with Crippen LogP contribution in [0.3, 0.4) is 0 Å². The van der Waals surface area contributed by atoms with Gasteiger partial charge in [0.2, 0.25) is 5.91 Å². The van der Waals surface area contributed by atoms with Gasteiger partial charge in [-0.25, -0.2) is 14.2 Å². The molecule has 0 bridgehead atoms. The molecule has 10 heteroatoms. The number of fused-ring (bicyclic) bond motifs is 5. The van der Waals surface area contributed by atoms with Crippen LogP contribution in [0.15, 0.2) is 16.9 Å². The molecule has 38 heavy (non-hydrogen) atoms. The molecule has 0 saturated carbocycles. The smallest absolute Gasteiger partial charge is 0.343 e. The van der Waals surface area contributed by atoms with E-state index >= 15 is 0 Å². The van der Waals surface area contributed by atoms with Crippen molar-refractivity contribution in [3.05, 3.63) is 61.7 Å². The second-order valence-electron chi connectivity index (χ2n) is 10.5. The molecule has 2 aliphatic heterocycles. The lowest BCUT2D eigenvalue weighted by Crippen LogP contribution is -2.44. The van der Waals surface area contributed by atoms with Crippen molar-refractivity contribution in [1.82, 2.24) is 14.9 Å². The number of carbonyl (C=O) groups excluding carboxylic acids is 2. The molecule has 198 valence electrons. The highest BCUT2D eigenvalue weighted by Gasteiger charge is 2.46. The summed E-state index contributed by atoms with van der Waals surface area (Å²) in [4.78, 5) is 43.8. The van der Waals surface area contributed by atoms with E-state index in [1.54, 1.807) is 31.4 Å². The van der Waals surface area contributed by atoms with E-state index in [4.69, 9.17) is 15.5 Å². The van der Waals surface area contributed by atoms with Crippen LogP contribution < -0.4 is 16.6 Å². The molecule has 1 aliphatic carbocycles. The number of cyclic esters (lactones) is 1. The zero-order chi connectivity index (χ0) is 27.1. The number of hydrogen-bond donors (Lipinski definition) is 3. The summed E-state index contributed by atoms with van der Waals surface area (Å²) in [5.41, 5.74) is 8.21. The van der Waals surface area contributed by atoms with Crippen LogP contribution in [0.5, 0.6) is 0 Å². The number of pyridine rings is 2. The van der Waals surface area contributed by atoms with Crippen LogP contribution >= 0.6 is 0 Å². The van der Waals surface area contributed by atoms with E-state index in [0.717, 1.165) is 22.1 Å². The molecule has 0 radical (unpaired) electrons. The number of esters is 1. The fourth-order valence-corrected chi connectivity index (χ4v) is 6.12. The SMILES string of the molecule is CC[C@@]1(O)C(=O)OCc2c1cc1n(c2=O)Cc2c-1nc1cc(F)c(C)c3c1c2[C@@H](NC(=O)[C@@H](C)CN)CC3. The Morgan fingerprint density at radius 3 is 2.82 bits per heavy atom. The Morgan fingerprint density at radius 2 is 2.11 bits per heavy atom. The summed E-state index contributed by atoms with van der Waals surface area (Å²) in [6.07, 6.45) is 1.16. The van der Waals surface area contributed by atoms with Crippen molar-refractivity contribution in [2.75, 3.05) is 6.54 Å². The van der Waals surface area contributed by atoms with E-state index in [0.29, 0.717) is 35.3 Å². The number of amides is 1. The standard InChI is InChI=1S/C28H29FN4O5/c1-4-28(37)17-7-21-24-15(10-33(21)26(35)16(17)11-38-27(28)36)23-19(32-25(34)12(2)9-30)6-5-14-13(3)18(29)8-20(31-24)22(14)23/h7-8,12,19,37H,4-6,9-11,30H2,1-3H3,(H,32,34)/t12-,19-,28-/m0/s1. The van der Waals surface area contributed by atoms with Gasteiger partial charge in [-0.2, -0.15) is 0 Å². The third kappa shape index (κ3) is 3.23. The fourth-order valence-electron chi connectivity index (χ4n) is 6.12. The Morgan fingerprint density at radius 1 is 1.34 bits per heavy atom. The molecule has 0 unspecified atom stereocenters. The first-order valence-corrected chi connectivity index (χ1v) is 12.9. The van der Waals surface area contributed by atoms with Gasteiger partial charge in [0.1, 0.15) is 12.4 Å². The molecule has 4 heterocycles. The molecule has 0 spiro atoms. The van der Waals surface area contributed by atoms with E-state index in [1.165, 1.54) is 6.07 Å². The topological polar surface area (TPSA) is 137 Å². The van der Waals surface area contributed by atoms with Crippen LogP contribution in [-0.4, -0.2) is 33.1 Å². The highest BCUT2D eigenvalue weighted by molar-refractivity contribution is 5.94. The van der Waals surface area contributed by atoms with Gasteiger partial charge >= 0.3 is 5.97 Å². The highest BCUT2D eigenvalue weighted by Crippen LogP contribution is 2.46. The molecule has 0 saturated heterocycles. The Bertz CT molecular complexity index is 1630. The van der Waals surface area contributed by atoms with Gasteiger partial charge < -0.3 is 25.5 Å². The number of ether oxygens (including phenoxy) is 1. The average molecular weight is 521 g/mol. The third-order valence-corrected chi connectivity index (χ3v) is 8.50. The minimum absolute atomic E-state index is 0.0340. The number of nitrogens with two attached hydrogens (primary N) is 1. The maximum absolute atomic E-state index is 15.0. The Labute approximate surface area is 217 Å². The van der Waals surface area contributed by atoms with Gasteiger partial charge in [0.25, 0.3) is 5.56 Å². The lowest BCUT2D eigenvalue weighted by molar-refractivity contribution is -0.172. The molecule has 6 rings (SSSR count). The second-order valence-corrected chi connectivity index (χ2v) is 10.5. The summed E-state index contributed by atoms with van der Waals surface area (Å²) in [7, 11) is 0. The fraction of sp³-hybridized carbons (Fsp3) is 0.429.